The first-order valence-electron chi connectivity index (χ1n) is 3.60. The molecule has 0 N–H and O–H groups in total. The van der Waals surface area contributed by atoms with Gasteiger partial charge in [-0.25, -0.2) is 12.8 Å². The highest BCUT2D eigenvalue weighted by Crippen LogP contribution is 2.27. The summed E-state index contributed by atoms with van der Waals surface area (Å²) in [4.78, 5) is -0.348. The third-order valence-electron chi connectivity index (χ3n) is 1.74. The zero-order chi connectivity index (χ0) is 10.3. The van der Waals surface area contributed by atoms with E-state index in [2.05, 4.69) is 0 Å². The minimum atomic E-state index is -3.98. The molecule has 1 aromatic heterocycles. The number of halogens is 2. The Morgan fingerprint density at radius 2 is 2.07 bits per heavy atom. The highest BCUT2D eigenvalue weighted by atomic mass is 35.7. The van der Waals surface area contributed by atoms with Crippen molar-refractivity contribution in [3.63, 3.8) is 0 Å². The summed E-state index contributed by atoms with van der Waals surface area (Å²) in [6.07, 6.45) is 1.27. The van der Waals surface area contributed by atoms with Crippen LogP contribution < -0.4 is 0 Å². The summed E-state index contributed by atoms with van der Waals surface area (Å²) >= 11 is 0. The number of furan rings is 1. The molecule has 0 fully saturated rings. The Labute approximate surface area is 83.5 Å². The molecule has 6 heteroatoms. The van der Waals surface area contributed by atoms with E-state index < -0.39 is 14.9 Å². The molecule has 0 bridgehead atoms. The van der Waals surface area contributed by atoms with E-state index in [1.807, 2.05) is 0 Å². The van der Waals surface area contributed by atoms with Crippen LogP contribution in [0.4, 0.5) is 4.39 Å². The molecule has 0 aliphatic carbocycles. The zero-order valence-electron chi connectivity index (χ0n) is 6.70. The fraction of sp³-hybridized carbons (Fsp3) is 0. The van der Waals surface area contributed by atoms with Crippen molar-refractivity contribution in [2.24, 2.45) is 0 Å². The van der Waals surface area contributed by atoms with E-state index in [9.17, 15) is 12.8 Å². The lowest BCUT2D eigenvalue weighted by atomic mass is 10.2. The predicted molar refractivity (Wildman–Crippen MR) is 49.2 cm³/mol. The number of hydrogen-bond donors (Lipinski definition) is 0. The second-order valence-corrected chi connectivity index (χ2v) is 5.22. The van der Waals surface area contributed by atoms with Crippen molar-refractivity contribution >= 4 is 30.7 Å². The van der Waals surface area contributed by atoms with E-state index in [-0.39, 0.29) is 10.5 Å². The summed E-state index contributed by atoms with van der Waals surface area (Å²) in [5.74, 6) is -0.668. The summed E-state index contributed by atoms with van der Waals surface area (Å²) in [5.41, 5.74) is 0.0707. The van der Waals surface area contributed by atoms with Crippen LogP contribution in [0.2, 0.25) is 0 Å². The molecular formula is C8H4ClFO3S. The average molecular weight is 235 g/mol. The number of fused-ring (bicyclic) bond motifs is 1. The highest BCUT2D eigenvalue weighted by molar-refractivity contribution is 8.13. The summed E-state index contributed by atoms with van der Waals surface area (Å²) in [6, 6.07) is 3.46. The van der Waals surface area contributed by atoms with Crippen LogP contribution in [-0.4, -0.2) is 8.42 Å². The van der Waals surface area contributed by atoms with Gasteiger partial charge in [-0.1, -0.05) is 0 Å². The van der Waals surface area contributed by atoms with E-state index in [1.54, 1.807) is 0 Å². The Balaban J connectivity index is 2.94. The number of rotatable bonds is 1. The van der Waals surface area contributed by atoms with E-state index in [0.29, 0.717) is 5.39 Å². The maximum Gasteiger partial charge on any atom is 0.265 e. The molecule has 1 heterocycles. The number of benzene rings is 1. The fourth-order valence-corrected chi connectivity index (χ4v) is 2.18. The average Bonchev–Trinajstić information content (AvgIpc) is 2.47. The van der Waals surface area contributed by atoms with Crippen LogP contribution in [0.3, 0.4) is 0 Å². The van der Waals surface area contributed by atoms with Crippen molar-refractivity contribution in [1.82, 2.24) is 0 Å². The second-order valence-electron chi connectivity index (χ2n) is 2.68. The first-order chi connectivity index (χ1) is 6.48. The van der Waals surface area contributed by atoms with Crippen LogP contribution in [0.5, 0.6) is 0 Å². The van der Waals surface area contributed by atoms with Crippen molar-refractivity contribution in [3.8, 4) is 0 Å². The Hall–Kier alpha value is -1.07. The predicted octanol–water partition coefficient (Wildman–Crippen LogP) is 2.50. The first kappa shape index (κ1) is 9.48. The molecule has 0 saturated carbocycles. The van der Waals surface area contributed by atoms with Gasteiger partial charge in [0.1, 0.15) is 10.7 Å². The standard InChI is InChI=1S/C8H4ClFO3S/c9-14(11,12)7-4-6(10)3-5-1-2-13-8(5)7/h1-4H. The second kappa shape index (κ2) is 2.96. The summed E-state index contributed by atoms with van der Waals surface area (Å²) in [7, 11) is 1.13. The van der Waals surface area contributed by atoms with Crippen LogP contribution in [0, 0.1) is 5.82 Å². The van der Waals surface area contributed by atoms with Crippen LogP contribution in [0.25, 0.3) is 11.0 Å². The molecule has 2 rings (SSSR count). The van der Waals surface area contributed by atoms with Crippen LogP contribution in [-0.2, 0) is 9.05 Å². The van der Waals surface area contributed by atoms with Crippen molar-refractivity contribution in [3.05, 3.63) is 30.3 Å². The van der Waals surface area contributed by atoms with Gasteiger partial charge in [-0.3, -0.25) is 0 Å². The van der Waals surface area contributed by atoms with Crippen molar-refractivity contribution < 1.29 is 17.2 Å². The third-order valence-corrected chi connectivity index (χ3v) is 3.07. The van der Waals surface area contributed by atoms with Crippen LogP contribution >= 0.6 is 10.7 Å². The lowest BCUT2D eigenvalue weighted by Crippen LogP contribution is -1.92. The first-order valence-corrected chi connectivity index (χ1v) is 5.91. The molecule has 0 saturated heterocycles. The van der Waals surface area contributed by atoms with Gasteiger partial charge in [-0.2, -0.15) is 0 Å². The van der Waals surface area contributed by atoms with Crippen molar-refractivity contribution in [2.45, 2.75) is 4.90 Å². The minimum absolute atomic E-state index is 0.0707. The lowest BCUT2D eigenvalue weighted by Gasteiger charge is -1.97. The van der Waals surface area contributed by atoms with E-state index in [0.717, 1.165) is 6.07 Å². The van der Waals surface area contributed by atoms with Crippen molar-refractivity contribution in [2.75, 3.05) is 0 Å². The van der Waals surface area contributed by atoms with Gasteiger partial charge >= 0.3 is 0 Å². The molecule has 0 unspecified atom stereocenters. The van der Waals surface area contributed by atoms with Gasteiger partial charge in [0.15, 0.2) is 5.58 Å². The fourth-order valence-electron chi connectivity index (χ4n) is 1.20. The quantitative estimate of drug-likeness (QED) is 0.713. The molecule has 0 aliphatic heterocycles. The molecule has 0 radical (unpaired) electrons. The Morgan fingerprint density at radius 1 is 1.36 bits per heavy atom. The molecule has 14 heavy (non-hydrogen) atoms. The van der Waals surface area contributed by atoms with Gasteiger partial charge in [-0.15, -0.1) is 0 Å². The smallest absolute Gasteiger partial charge is 0.265 e. The Bertz CT molecular complexity index is 588. The Morgan fingerprint density at radius 3 is 2.71 bits per heavy atom. The lowest BCUT2D eigenvalue weighted by molar-refractivity contribution is 0.585. The maximum absolute atomic E-state index is 12.9. The molecule has 0 amide bonds. The molecule has 0 aliphatic rings. The van der Waals surface area contributed by atoms with Crippen LogP contribution in [0.1, 0.15) is 0 Å². The highest BCUT2D eigenvalue weighted by Gasteiger charge is 2.18. The van der Waals surface area contributed by atoms with Gasteiger partial charge in [0.2, 0.25) is 0 Å². The molecule has 1 aromatic carbocycles. The summed E-state index contributed by atoms with van der Waals surface area (Å²) in [5, 5.41) is 0.365. The van der Waals surface area contributed by atoms with Gasteiger partial charge in [0.05, 0.1) is 6.26 Å². The normalized spacial score (nSPS) is 12.1. The third kappa shape index (κ3) is 1.49. The van der Waals surface area contributed by atoms with Crippen LogP contribution in [0.15, 0.2) is 33.8 Å². The zero-order valence-corrected chi connectivity index (χ0v) is 8.27. The molecule has 0 spiro atoms. The van der Waals surface area contributed by atoms with Crippen molar-refractivity contribution in [1.29, 1.82) is 0 Å². The van der Waals surface area contributed by atoms with Gasteiger partial charge in [-0.05, 0) is 18.2 Å². The molecule has 2 aromatic rings. The van der Waals surface area contributed by atoms with E-state index in [4.69, 9.17) is 15.1 Å². The summed E-state index contributed by atoms with van der Waals surface area (Å²) < 4.78 is 39.9. The van der Waals surface area contributed by atoms with Gasteiger partial charge in [0, 0.05) is 16.1 Å². The SMILES string of the molecule is O=S(=O)(Cl)c1cc(F)cc2ccoc12. The Kier molecular flexibility index (Phi) is 2.01. The topological polar surface area (TPSA) is 47.3 Å². The number of hydrogen-bond acceptors (Lipinski definition) is 3. The maximum atomic E-state index is 12.9. The largest absolute Gasteiger partial charge is 0.463 e. The molecule has 0 atom stereocenters. The molecule has 3 nitrogen and oxygen atoms in total. The summed E-state index contributed by atoms with van der Waals surface area (Å²) in [6.45, 7) is 0. The van der Waals surface area contributed by atoms with Gasteiger partial charge in [0.25, 0.3) is 9.05 Å². The van der Waals surface area contributed by atoms with Gasteiger partial charge < -0.3 is 4.42 Å². The molecule has 74 valence electrons. The monoisotopic (exact) mass is 234 g/mol. The van der Waals surface area contributed by atoms with E-state index >= 15 is 0 Å². The van der Waals surface area contributed by atoms with E-state index in [1.165, 1.54) is 18.4 Å². The minimum Gasteiger partial charge on any atom is -0.463 e. The molecular weight excluding hydrogens is 231 g/mol.